The summed E-state index contributed by atoms with van der Waals surface area (Å²) in [5.74, 6) is 1.59. The van der Waals surface area contributed by atoms with Gasteiger partial charge in [-0.2, -0.15) is 0 Å². The number of likely N-dealkylation sites (tertiary alicyclic amines) is 1. The molecule has 0 aromatic carbocycles. The molecule has 0 amide bonds. The number of nitrogens with zero attached hydrogens (tertiary/aromatic N) is 4. The van der Waals surface area contributed by atoms with Crippen molar-refractivity contribution in [2.75, 3.05) is 18.9 Å². The lowest BCUT2D eigenvalue weighted by Crippen LogP contribution is -2.43. The fourth-order valence-electron chi connectivity index (χ4n) is 6.35. The summed E-state index contributed by atoms with van der Waals surface area (Å²) in [4.78, 5) is 11.4. The average molecular weight is 464 g/mol. The van der Waals surface area contributed by atoms with Crippen LogP contribution in [0.4, 0.5) is 19.0 Å². The third-order valence-electron chi connectivity index (χ3n) is 7.79. The van der Waals surface area contributed by atoms with Crippen molar-refractivity contribution in [2.45, 2.75) is 69.6 Å². The standard InChI is InChI=1S/C23H28F3N5O2/c1-11(2)22-29-18(12-3-19(21(27)28-7-12)33-23(24,25)26)9-31(22)20-16-5-13(6-17(16)20)30-8-15-4-14(30)10-32-15/h3,7,9,11,13-17,20H,4-6,8,10H2,1-2H3,(H2,27,28)/t13?,14-,15-,16-,17+,20?/m0/s1. The molecule has 7 nitrogen and oxygen atoms in total. The van der Waals surface area contributed by atoms with Gasteiger partial charge in [-0.25, -0.2) is 9.97 Å². The summed E-state index contributed by atoms with van der Waals surface area (Å²) >= 11 is 0. The Kier molecular flexibility index (Phi) is 4.72. The maximum absolute atomic E-state index is 12.7. The Bertz CT molecular complexity index is 1060. The number of pyridine rings is 1. The number of rotatable bonds is 5. The van der Waals surface area contributed by atoms with Gasteiger partial charge in [0.05, 0.1) is 18.4 Å². The van der Waals surface area contributed by atoms with Gasteiger partial charge < -0.3 is 19.8 Å². The van der Waals surface area contributed by atoms with Gasteiger partial charge in [0.25, 0.3) is 0 Å². The van der Waals surface area contributed by atoms with Gasteiger partial charge in [-0.15, -0.1) is 13.2 Å². The Morgan fingerprint density at radius 2 is 1.94 bits per heavy atom. The minimum atomic E-state index is -4.83. The molecule has 2 aromatic rings. The topological polar surface area (TPSA) is 78.4 Å². The molecule has 2 aliphatic carbocycles. The molecule has 2 unspecified atom stereocenters. The van der Waals surface area contributed by atoms with Crippen molar-refractivity contribution < 1.29 is 22.6 Å². The molecular formula is C23H28F3N5O2. The molecule has 6 atom stereocenters. The molecule has 2 N–H and O–H groups in total. The van der Waals surface area contributed by atoms with Crippen LogP contribution in [0.15, 0.2) is 18.5 Å². The van der Waals surface area contributed by atoms with E-state index in [1.165, 1.54) is 31.5 Å². The van der Waals surface area contributed by atoms with Crippen molar-refractivity contribution in [1.29, 1.82) is 0 Å². The highest BCUT2D eigenvalue weighted by Gasteiger charge is 2.60. The molecule has 10 heteroatoms. The minimum Gasteiger partial charge on any atom is -0.402 e. The van der Waals surface area contributed by atoms with Crippen LogP contribution in [0.1, 0.15) is 50.9 Å². The van der Waals surface area contributed by atoms with Crippen molar-refractivity contribution in [3.63, 3.8) is 0 Å². The highest BCUT2D eigenvalue weighted by atomic mass is 19.4. The maximum atomic E-state index is 12.7. The predicted octanol–water partition coefficient (Wildman–Crippen LogP) is 3.97. The molecule has 2 aromatic heterocycles. The fraction of sp³-hybridized carbons (Fsp3) is 0.652. The van der Waals surface area contributed by atoms with Crippen LogP contribution in [0.3, 0.4) is 0 Å². The summed E-state index contributed by atoms with van der Waals surface area (Å²) in [6.45, 7) is 6.12. The summed E-state index contributed by atoms with van der Waals surface area (Å²) in [5.41, 5.74) is 6.64. The summed E-state index contributed by atoms with van der Waals surface area (Å²) in [6, 6.07) is 2.90. The number of fused-ring (bicyclic) bond motifs is 3. The number of anilines is 1. The second kappa shape index (κ2) is 7.33. The number of halogens is 3. The predicted molar refractivity (Wildman–Crippen MR) is 115 cm³/mol. The fourth-order valence-corrected chi connectivity index (χ4v) is 6.35. The van der Waals surface area contributed by atoms with Gasteiger partial charge in [0, 0.05) is 48.5 Å². The zero-order valence-electron chi connectivity index (χ0n) is 18.6. The highest BCUT2D eigenvalue weighted by Crippen LogP contribution is 2.62. The first-order valence-electron chi connectivity index (χ1n) is 11.7. The van der Waals surface area contributed by atoms with Crippen LogP contribution in [0, 0.1) is 11.8 Å². The molecular weight excluding hydrogens is 435 g/mol. The third-order valence-corrected chi connectivity index (χ3v) is 7.79. The summed E-state index contributed by atoms with van der Waals surface area (Å²) in [6.07, 6.45) is 2.55. The highest BCUT2D eigenvalue weighted by molar-refractivity contribution is 5.64. The van der Waals surface area contributed by atoms with Crippen molar-refractivity contribution in [1.82, 2.24) is 19.4 Å². The molecule has 2 saturated heterocycles. The molecule has 2 saturated carbocycles. The molecule has 0 spiro atoms. The van der Waals surface area contributed by atoms with E-state index in [-0.39, 0.29) is 11.7 Å². The van der Waals surface area contributed by atoms with E-state index in [4.69, 9.17) is 15.5 Å². The number of hydrogen-bond donors (Lipinski definition) is 1. The second-order valence-electron chi connectivity index (χ2n) is 10.2. The van der Waals surface area contributed by atoms with Crippen LogP contribution in [0.2, 0.25) is 0 Å². The van der Waals surface area contributed by atoms with E-state index < -0.39 is 12.1 Å². The third kappa shape index (κ3) is 3.67. The number of morpholine rings is 1. The van der Waals surface area contributed by atoms with E-state index in [0.717, 1.165) is 19.0 Å². The Morgan fingerprint density at radius 1 is 1.18 bits per heavy atom. The van der Waals surface area contributed by atoms with Gasteiger partial charge >= 0.3 is 6.36 Å². The van der Waals surface area contributed by atoms with Crippen molar-refractivity contribution in [3.05, 3.63) is 24.3 Å². The van der Waals surface area contributed by atoms with Crippen LogP contribution in [0.5, 0.6) is 5.75 Å². The summed E-state index contributed by atoms with van der Waals surface area (Å²) in [5, 5.41) is 0. The first kappa shape index (κ1) is 21.2. The number of nitrogen functional groups attached to an aromatic ring is 1. The summed E-state index contributed by atoms with van der Waals surface area (Å²) < 4.78 is 50.3. The second-order valence-corrected chi connectivity index (χ2v) is 10.2. The molecule has 6 rings (SSSR count). The summed E-state index contributed by atoms with van der Waals surface area (Å²) in [7, 11) is 0. The molecule has 2 bridgehead atoms. The van der Waals surface area contributed by atoms with E-state index in [1.807, 2.05) is 6.20 Å². The van der Waals surface area contributed by atoms with Gasteiger partial charge in [0.1, 0.15) is 5.82 Å². The first-order valence-corrected chi connectivity index (χ1v) is 11.7. The molecule has 4 fully saturated rings. The Hall–Kier alpha value is -2.33. The largest absolute Gasteiger partial charge is 0.573 e. The molecule has 2 aliphatic heterocycles. The molecule has 33 heavy (non-hydrogen) atoms. The van der Waals surface area contributed by atoms with Crippen LogP contribution in [-0.2, 0) is 4.74 Å². The number of imidazole rings is 1. The minimum absolute atomic E-state index is 0.190. The van der Waals surface area contributed by atoms with Gasteiger partial charge in [-0.3, -0.25) is 4.90 Å². The molecule has 0 radical (unpaired) electrons. The van der Waals surface area contributed by atoms with E-state index in [0.29, 0.717) is 47.3 Å². The monoisotopic (exact) mass is 463 g/mol. The number of aromatic nitrogens is 3. The van der Waals surface area contributed by atoms with Gasteiger partial charge in [0.15, 0.2) is 11.6 Å². The van der Waals surface area contributed by atoms with Crippen molar-refractivity contribution in [3.8, 4) is 17.0 Å². The zero-order valence-corrected chi connectivity index (χ0v) is 18.6. The lowest BCUT2D eigenvalue weighted by molar-refractivity contribution is -0.274. The number of hydrogen-bond acceptors (Lipinski definition) is 6. The van der Waals surface area contributed by atoms with Crippen LogP contribution in [0.25, 0.3) is 11.3 Å². The molecule has 178 valence electrons. The lowest BCUT2D eigenvalue weighted by Gasteiger charge is -2.33. The van der Waals surface area contributed by atoms with E-state index >= 15 is 0 Å². The van der Waals surface area contributed by atoms with E-state index in [1.54, 1.807) is 0 Å². The van der Waals surface area contributed by atoms with E-state index in [9.17, 15) is 13.2 Å². The SMILES string of the molecule is CC(C)c1nc(-c2cnc(N)c(OC(F)(F)F)c2)cn1C1[C@H]2CC(N3C[C@@H]4C[C@H]3CO4)C[C@@H]12. The first-order chi connectivity index (χ1) is 15.7. The van der Waals surface area contributed by atoms with Gasteiger partial charge in [0.2, 0.25) is 0 Å². The Labute approximate surface area is 190 Å². The lowest BCUT2D eigenvalue weighted by atomic mass is 10.1. The van der Waals surface area contributed by atoms with Crippen LogP contribution in [-0.4, -0.2) is 57.1 Å². The number of nitrogens with two attached hydrogens (primary N) is 1. The Balaban J connectivity index is 1.22. The number of ether oxygens (including phenoxy) is 2. The van der Waals surface area contributed by atoms with Gasteiger partial charge in [-0.05, 0) is 37.2 Å². The zero-order chi connectivity index (χ0) is 23.1. The normalized spacial score (nSPS) is 33.2. The maximum Gasteiger partial charge on any atom is 0.573 e. The van der Waals surface area contributed by atoms with Crippen LogP contribution >= 0.6 is 0 Å². The smallest absolute Gasteiger partial charge is 0.402 e. The van der Waals surface area contributed by atoms with Crippen LogP contribution < -0.4 is 10.5 Å². The quantitative estimate of drug-likeness (QED) is 0.723. The Morgan fingerprint density at radius 3 is 2.55 bits per heavy atom. The van der Waals surface area contributed by atoms with Crippen molar-refractivity contribution in [2.24, 2.45) is 11.8 Å². The van der Waals surface area contributed by atoms with Crippen molar-refractivity contribution >= 4 is 5.82 Å². The molecule has 4 aliphatic rings. The number of alkyl halides is 3. The van der Waals surface area contributed by atoms with E-state index in [2.05, 4.69) is 33.0 Å². The van der Waals surface area contributed by atoms with Gasteiger partial charge in [-0.1, -0.05) is 13.8 Å². The average Bonchev–Trinajstić information content (AvgIpc) is 3.32. The molecule has 4 heterocycles.